The SMILES string of the molecule is CCOC(=O)C1=C(C(C)C)NC(=O)NC1c1ccc(OCc2ccccc2F)c(OCC)c1. The van der Waals surface area contributed by atoms with E-state index in [0.29, 0.717) is 40.5 Å². The van der Waals surface area contributed by atoms with Gasteiger partial charge in [0.05, 0.1) is 24.8 Å². The monoisotopic (exact) mass is 456 g/mol. The summed E-state index contributed by atoms with van der Waals surface area (Å²) in [5.74, 6) is -0.109. The number of urea groups is 1. The predicted molar refractivity (Wildman–Crippen MR) is 121 cm³/mol. The molecule has 1 aliphatic heterocycles. The summed E-state index contributed by atoms with van der Waals surface area (Å²) in [7, 11) is 0. The molecule has 1 atom stereocenters. The third kappa shape index (κ3) is 5.63. The van der Waals surface area contributed by atoms with Gasteiger partial charge in [0, 0.05) is 11.3 Å². The highest BCUT2D eigenvalue weighted by Crippen LogP contribution is 2.36. The van der Waals surface area contributed by atoms with Crippen molar-refractivity contribution >= 4 is 12.0 Å². The van der Waals surface area contributed by atoms with Crippen LogP contribution in [0.25, 0.3) is 0 Å². The molecule has 1 heterocycles. The minimum Gasteiger partial charge on any atom is -0.490 e. The second-order valence-corrected chi connectivity index (χ2v) is 7.75. The summed E-state index contributed by atoms with van der Waals surface area (Å²) < 4.78 is 30.8. The number of allylic oxidation sites excluding steroid dienone is 1. The van der Waals surface area contributed by atoms with Gasteiger partial charge in [-0.15, -0.1) is 0 Å². The fraction of sp³-hybridized carbons (Fsp3) is 0.360. The molecule has 176 valence electrons. The van der Waals surface area contributed by atoms with E-state index in [9.17, 15) is 14.0 Å². The van der Waals surface area contributed by atoms with Gasteiger partial charge in [0.1, 0.15) is 12.4 Å². The van der Waals surface area contributed by atoms with E-state index in [2.05, 4.69) is 10.6 Å². The lowest BCUT2D eigenvalue weighted by Gasteiger charge is -2.31. The van der Waals surface area contributed by atoms with Gasteiger partial charge < -0.3 is 24.8 Å². The van der Waals surface area contributed by atoms with Crippen LogP contribution in [0.1, 0.15) is 44.9 Å². The second-order valence-electron chi connectivity index (χ2n) is 7.75. The molecule has 0 radical (unpaired) electrons. The molecule has 0 bridgehead atoms. The van der Waals surface area contributed by atoms with E-state index in [1.165, 1.54) is 6.07 Å². The lowest BCUT2D eigenvalue weighted by atomic mass is 9.91. The Hall–Kier alpha value is -3.55. The summed E-state index contributed by atoms with van der Waals surface area (Å²) in [6.07, 6.45) is 0. The number of amides is 2. The molecule has 0 aromatic heterocycles. The van der Waals surface area contributed by atoms with Crippen molar-refractivity contribution in [2.45, 2.75) is 40.3 Å². The van der Waals surface area contributed by atoms with Gasteiger partial charge in [0.15, 0.2) is 11.5 Å². The van der Waals surface area contributed by atoms with Gasteiger partial charge in [-0.05, 0) is 43.5 Å². The van der Waals surface area contributed by atoms with E-state index >= 15 is 0 Å². The number of carbonyl (C=O) groups is 2. The van der Waals surface area contributed by atoms with Crippen LogP contribution in [-0.4, -0.2) is 25.2 Å². The number of hydrogen-bond acceptors (Lipinski definition) is 5. The number of benzene rings is 2. The van der Waals surface area contributed by atoms with Crippen LogP contribution in [0.4, 0.5) is 9.18 Å². The molecule has 0 aliphatic carbocycles. The molecule has 0 saturated carbocycles. The van der Waals surface area contributed by atoms with E-state index < -0.39 is 18.0 Å². The molecule has 2 aromatic rings. The lowest BCUT2D eigenvalue weighted by Crippen LogP contribution is -2.47. The van der Waals surface area contributed by atoms with Gasteiger partial charge in [-0.25, -0.2) is 14.0 Å². The van der Waals surface area contributed by atoms with E-state index in [1.54, 1.807) is 43.3 Å². The molecule has 0 saturated heterocycles. The maximum atomic E-state index is 14.0. The zero-order valence-electron chi connectivity index (χ0n) is 19.2. The van der Waals surface area contributed by atoms with Crippen LogP contribution in [0, 0.1) is 11.7 Å². The van der Waals surface area contributed by atoms with E-state index in [4.69, 9.17) is 14.2 Å². The Morgan fingerprint density at radius 2 is 1.82 bits per heavy atom. The largest absolute Gasteiger partial charge is 0.490 e. The molecule has 3 rings (SSSR count). The number of ether oxygens (including phenoxy) is 3. The van der Waals surface area contributed by atoms with Gasteiger partial charge in [0.2, 0.25) is 0 Å². The van der Waals surface area contributed by atoms with Crippen LogP contribution in [0.3, 0.4) is 0 Å². The summed E-state index contributed by atoms with van der Waals surface area (Å²) in [5, 5.41) is 5.54. The van der Waals surface area contributed by atoms with Crippen molar-refractivity contribution in [1.29, 1.82) is 0 Å². The molecule has 0 fully saturated rings. The Bertz CT molecular complexity index is 1050. The highest BCUT2D eigenvalue weighted by molar-refractivity contribution is 5.95. The maximum Gasteiger partial charge on any atom is 0.338 e. The Kier molecular flexibility index (Phi) is 7.92. The smallest absolute Gasteiger partial charge is 0.338 e. The molecule has 33 heavy (non-hydrogen) atoms. The van der Waals surface area contributed by atoms with Crippen LogP contribution in [0.2, 0.25) is 0 Å². The quantitative estimate of drug-likeness (QED) is 0.538. The topological polar surface area (TPSA) is 85.9 Å². The zero-order valence-corrected chi connectivity index (χ0v) is 19.2. The maximum absolute atomic E-state index is 14.0. The third-order valence-corrected chi connectivity index (χ3v) is 5.12. The molecule has 7 nitrogen and oxygen atoms in total. The third-order valence-electron chi connectivity index (χ3n) is 5.12. The number of esters is 1. The summed E-state index contributed by atoms with van der Waals surface area (Å²) in [4.78, 5) is 25.2. The second kappa shape index (κ2) is 10.8. The molecular weight excluding hydrogens is 427 g/mol. The van der Waals surface area contributed by atoms with Crippen LogP contribution < -0.4 is 20.1 Å². The first-order valence-electron chi connectivity index (χ1n) is 11.0. The van der Waals surface area contributed by atoms with Crippen LogP contribution in [-0.2, 0) is 16.1 Å². The Morgan fingerprint density at radius 1 is 1.06 bits per heavy atom. The molecule has 8 heteroatoms. The molecule has 2 amide bonds. The summed E-state index contributed by atoms with van der Waals surface area (Å²) in [6.45, 7) is 7.95. The molecule has 1 aliphatic rings. The average molecular weight is 457 g/mol. The van der Waals surface area contributed by atoms with Crippen molar-refractivity contribution in [3.05, 3.63) is 70.7 Å². The minimum atomic E-state index is -0.727. The van der Waals surface area contributed by atoms with Gasteiger partial charge in [-0.1, -0.05) is 38.1 Å². The first kappa shape index (κ1) is 24.1. The van der Waals surface area contributed by atoms with Gasteiger partial charge in [0.25, 0.3) is 0 Å². The van der Waals surface area contributed by atoms with Gasteiger partial charge in [-0.2, -0.15) is 0 Å². The zero-order chi connectivity index (χ0) is 24.0. The van der Waals surface area contributed by atoms with Crippen molar-refractivity contribution in [1.82, 2.24) is 10.6 Å². The normalized spacial score (nSPS) is 15.7. The fourth-order valence-electron chi connectivity index (χ4n) is 3.59. The van der Waals surface area contributed by atoms with E-state index in [1.807, 2.05) is 20.8 Å². The van der Waals surface area contributed by atoms with Crippen molar-refractivity contribution in [2.75, 3.05) is 13.2 Å². The first-order chi connectivity index (χ1) is 15.8. The number of rotatable bonds is 9. The summed E-state index contributed by atoms with van der Waals surface area (Å²) in [6, 6.07) is 10.4. The van der Waals surface area contributed by atoms with Gasteiger partial charge in [-0.3, -0.25) is 0 Å². The molecular formula is C25H29FN2O5. The van der Waals surface area contributed by atoms with Crippen LogP contribution in [0.5, 0.6) is 11.5 Å². The number of carbonyl (C=O) groups excluding carboxylic acids is 2. The Balaban J connectivity index is 1.97. The molecule has 2 N–H and O–H groups in total. The Labute approximate surface area is 192 Å². The highest BCUT2D eigenvalue weighted by atomic mass is 19.1. The van der Waals surface area contributed by atoms with Gasteiger partial charge >= 0.3 is 12.0 Å². The molecule has 2 aromatic carbocycles. The highest BCUT2D eigenvalue weighted by Gasteiger charge is 2.35. The van der Waals surface area contributed by atoms with Crippen molar-refractivity contribution in [3.8, 4) is 11.5 Å². The average Bonchev–Trinajstić information content (AvgIpc) is 2.78. The van der Waals surface area contributed by atoms with Crippen LogP contribution in [0.15, 0.2) is 53.7 Å². The number of halogens is 1. The van der Waals surface area contributed by atoms with E-state index in [0.717, 1.165) is 0 Å². The standard InChI is InChI=1S/C25H29FN2O5/c1-5-31-20-13-16(11-12-19(20)33-14-17-9-7-8-10-18(17)26)23-21(24(29)32-6-2)22(15(3)4)27-25(30)28-23/h7-13,15,23H,5-6,14H2,1-4H3,(H2,27,28,30). The van der Waals surface area contributed by atoms with Crippen LogP contribution >= 0.6 is 0 Å². The lowest BCUT2D eigenvalue weighted by molar-refractivity contribution is -0.139. The van der Waals surface area contributed by atoms with Crippen molar-refractivity contribution in [2.24, 2.45) is 5.92 Å². The fourth-order valence-corrected chi connectivity index (χ4v) is 3.59. The summed E-state index contributed by atoms with van der Waals surface area (Å²) >= 11 is 0. The molecule has 0 spiro atoms. The van der Waals surface area contributed by atoms with Crippen molar-refractivity contribution in [3.63, 3.8) is 0 Å². The first-order valence-corrected chi connectivity index (χ1v) is 11.0. The number of hydrogen-bond donors (Lipinski definition) is 2. The number of nitrogens with one attached hydrogen (secondary N) is 2. The van der Waals surface area contributed by atoms with Crippen molar-refractivity contribution < 1.29 is 28.2 Å². The van der Waals surface area contributed by atoms with E-state index in [-0.39, 0.29) is 24.9 Å². The molecule has 1 unspecified atom stereocenters. The Morgan fingerprint density at radius 3 is 2.48 bits per heavy atom. The summed E-state index contributed by atoms with van der Waals surface area (Å²) in [5.41, 5.74) is 1.91. The predicted octanol–water partition coefficient (Wildman–Crippen LogP) is 4.63. The minimum absolute atomic E-state index is 0.0294.